The number of furan rings is 1. The summed E-state index contributed by atoms with van der Waals surface area (Å²) in [4.78, 5) is 0. The minimum atomic E-state index is 0.293. The molecular formula is C12H21NO. The third kappa shape index (κ3) is 2.88. The summed E-state index contributed by atoms with van der Waals surface area (Å²) in [5, 5.41) is 3.52. The Morgan fingerprint density at radius 3 is 2.21 bits per heavy atom. The van der Waals surface area contributed by atoms with E-state index in [9.17, 15) is 0 Å². The Labute approximate surface area is 86.7 Å². The van der Waals surface area contributed by atoms with Gasteiger partial charge in [0, 0.05) is 6.04 Å². The molecule has 1 heterocycles. The van der Waals surface area contributed by atoms with Crippen molar-refractivity contribution in [3.63, 3.8) is 0 Å². The van der Waals surface area contributed by atoms with Crippen LogP contribution in [-0.2, 0) is 0 Å². The fraction of sp³-hybridized carbons (Fsp3) is 0.667. The van der Waals surface area contributed by atoms with E-state index in [-0.39, 0.29) is 0 Å². The predicted molar refractivity (Wildman–Crippen MR) is 59.3 cm³/mol. The molecule has 0 saturated carbocycles. The van der Waals surface area contributed by atoms with Crippen molar-refractivity contribution in [1.82, 2.24) is 5.32 Å². The molecule has 0 amide bonds. The van der Waals surface area contributed by atoms with Crippen LogP contribution in [0.15, 0.2) is 16.5 Å². The first-order chi connectivity index (χ1) is 6.50. The summed E-state index contributed by atoms with van der Waals surface area (Å²) >= 11 is 0. The van der Waals surface area contributed by atoms with Gasteiger partial charge in [0.15, 0.2) is 0 Å². The van der Waals surface area contributed by atoms with Crippen LogP contribution in [0.5, 0.6) is 0 Å². The zero-order valence-electron chi connectivity index (χ0n) is 9.79. The van der Waals surface area contributed by atoms with Crippen molar-refractivity contribution >= 4 is 0 Å². The van der Waals surface area contributed by atoms with Crippen LogP contribution in [-0.4, -0.2) is 6.04 Å². The molecule has 0 spiro atoms. The van der Waals surface area contributed by atoms with Crippen LogP contribution in [0.2, 0.25) is 0 Å². The van der Waals surface area contributed by atoms with E-state index in [4.69, 9.17) is 4.42 Å². The lowest BCUT2D eigenvalue weighted by Gasteiger charge is -2.21. The van der Waals surface area contributed by atoms with Crippen molar-refractivity contribution in [1.29, 1.82) is 0 Å². The van der Waals surface area contributed by atoms with E-state index in [0.717, 1.165) is 11.5 Å². The molecule has 0 radical (unpaired) electrons. The Morgan fingerprint density at radius 2 is 1.79 bits per heavy atom. The first kappa shape index (κ1) is 11.3. The highest BCUT2D eigenvalue weighted by atomic mass is 16.3. The number of aryl methyl sites for hydroxylation is 1. The Bertz CT molecular complexity index is 278. The van der Waals surface area contributed by atoms with Crippen molar-refractivity contribution in [2.75, 3.05) is 0 Å². The van der Waals surface area contributed by atoms with Crippen LogP contribution in [0.1, 0.15) is 45.3 Å². The van der Waals surface area contributed by atoms with E-state index in [1.807, 2.05) is 19.1 Å². The van der Waals surface area contributed by atoms with Gasteiger partial charge in [-0.05, 0) is 38.8 Å². The van der Waals surface area contributed by atoms with Gasteiger partial charge in [-0.1, -0.05) is 13.8 Å². The SMILES string of the molecule is Cc1ccc(C(C)NC(C)C(C)C)o1. The van der Waals surface area contributed by atoms with Gasteiger partial charge < -0.3 is 9.73 Å². The maximum absolute atomic E-state index is 5.56. The van der Waals surface area contributed by atoms with Gasteiger partial charge in [-0.15, -0.1) is 0 Å². The second kappa shape index (κ2) is 4.65. The van der Waals surface area contributed by atoms with Crippen molar-refractivity contribution in [3.8, 4) is 0 Å². The molecule has 2 nitrogen and oxygen atoms in total. The summed E-state index contributed by atoms with van der Waals surface area (Å²) in [5.74, 6) is 2.65. The molecule has 80 valence electrons. The lowest BCUT2D eigenvalue weighted by molar-refractivity contribution is 0.347. The molecule has 14 heavy (non-hydrogen) atoms. The van der Waals surface area contributed by atoms with E-state index in [2.05, 4.69) is 33.0 Å². The summed E-state index contributed by atoms with van der Waals surface area (Å²) in [7, 11) is 0. The van der Waals surface area contributed by atoms with Gasteiger partial charge in [0.2, 0.25) is 0 Å². The fourth-order valence-electron chi connectivity index (χ4n) is 1.36. The van der Waals surface area contributed by atoms with Crippen molar-refractivity contribution in [2.24, 2.45) is 5.92 Å². The second-order valence-electron chi connectivity index (χ2n) is 4.37. The Morgan fingerprint density at radius 1 is 1.14 bits per heavy atom. The van der Waals surface area contributed by atoms with Crippen LogP contribution < -0.4 is 5.32 Å². The highest BCUT2D eigenvalue weighted by Gasteiger charge is 2.14. The van der Waals surface area contributed by atoms with E-state index in [0.29, 0.717) is 18.0 Å². The van der Waals surface area contributed by atoms with E-state index < -0.39 is 0 Å². The monoisotopic (exact) mass is 195 g/mol. The fourth-order valence-corrected chi connectivity index (χ4v) is 1.36. The standard InChI is InChI=1S/C12H21NO/c1-8(2)10(4)13-11(5)12-7-6-9(3)14-12/h6-8,10-11,13H,1-5H3. The van der Waals surface area contributed by atoms with Gasteiger partial charge >= 0.3 is 0 Å². The van der Waals surface area contributed by atoms with Crippen LogP contribution >= 0.6 is 0 Å². The van der Waals surface area contributed by atoms with Crippen molar-refractivity contribution in [2.45, 2.75) is 46.7 Å². The molecule has 1 N–H and O–H groups in total. The Hall–Kier alpha value is -0.760. The highest BCUT2D eigenvalue weighted by molar-refractivity contribution is 5.09. The Balaban J connectivity index is 2.54. The van der Waals surface area contributed by atoms with Crippen molar-refractivity contribution < 1.29 is 4.42 Å². The summed E-state index contributed by atoms with van der Waals surface area (Å²) in [6, 6.07) is 4.85. The summed E-state index contributed by atoms with van der Waals surface area (Å²) < 4.78 is 5.56. The average Bonchev–Trinajstić information content (AvgIpc) is 2.51. The Kier molecular flexibility index (Phi) is 3.76. The quantitative estimate of drug-likeness (QED) is 0.797. The minimum Gasteiger partial charge on any atom is -0.465 e. The zero-order chi connectivity index (χ0) is 10.7. The third-order valence-corrected chi connectivity index (χ3v) is 2.70. The number of rotatable bonds is 4. The summed E-state index contributed by atoms with van der Waals surface area (Å²) in [6.45, 7) is 10.8. The molecule has 1 aromatic rings. The van der Waals surface area contributed by atoms with E-state index >= 15 is 0 Å². The van der Waals surface area contributed by atoms with Crippen LogP contribution in [0, 0.1) is 12.8 Å². The topological polar surface area (TPSA) is 25.2 Å². The molecule has 0 saturated heterocycles. The molecule has 0 aromatic carbocycles. The molecule has 1 aromatic heterocycles. The van der Waals surface area contributed by atoms with Gasteiger partial charge in [0.25, 0.3) is 0 Å². The van der Waals surface area contributed by atoms with Crippen LogP contribution in [0.3, 0.4) is 0 Å². The minimum absolute atomic E-state index is 0.293. The van der Waals surface area contributed by atoms with Gasteiger partial charge in [0.05, 0.1) is 6.04 Å². The van der Waals surface area contributed by atoms with E-state index in [1.165, 1.54) is 0 Å². The normalized spacial score (nSPS) is 15.9. The zero-order valence-corrected chi connectivity index (χ0v) is 9.79. The number of hydrogen-bond donors (Lipinski definition) is 1. The highest BCUT2D eigenvalue weighted by Crippen LogP contribution is 2.17. The lowest BCUT2D eigenvalue weighted by atomic mass is 10.1. The van der Waals surface area contributed by atoms with Gasteiger partial charge in [-0.25, -0.2) is 0 Å². The van der Waals surface area contributed by atoms with Crippen molar-refractivity contribution in [3.05, 3.63) is 23.7 Å². The smallest absolute Gasteiger partial charge is 0.120 e. The molecule has 0 aliphatic rings. The predicted octanol–water partition coefficient (Wildman–Crippen LogP) is 3.28. The average molecular weight is 195 g/mol. The molecule has 1 rings (SSSR count). The molecular weight excluding hydrogens is 174 g/mol. The molecule has 0 fully saturated rings. The number of nitrogens with one attached hydrogen (secondary N) is 1. The van der Waals surface area contributed by atoms with Crippen LogP contribution in [0.25, 0.3) is 0 Å². The molecule has 2 heteroatoms. The van der Waals surface area contributed by atoms with Gasteiger partial charge in [-0.3, -0.25) is 0 Å². The maximum atomic E-state index is 5.56. The maximum Gasteiger partial charge on any atom is 0.120 e. The second-order valence-corrected chi connectivity index (χ2v) is 4.37. The van der Waals surface area contributed by atoms with Gasteiger partial charge in [-0.2, -0.15) is 0 Å². The number of hydrogen-bond acceptors (Lipinski definition) is 2. The molecule has 2 unspecified atom stereocenters. The first-order valence-corrected chi connectivity index (χ1v) is 5.33. The molecule has 0 aliphatic heterocycles. The third-order valence-electron chi connectivity index (χ3n) is 2.70. The summed E-state index contributed by atoms with van der Waals surface area (Å²) in [5.41, 5.74) is 0. The first-order valence-electron chi connectivity index (χ1n) is 5.33. The summed E-state index contributed by atoms with van der Waals surface area (Å²) in [6.07, 6.45) is 0. The molecule has 2 atom stereocenters. The van der Waals surface area contributed by atoms with E-state index in [1.54, 1.807) is 0 Å². The molecule has 0 aliphatic carbocycles. The van der Waals surface area contributed by atoms with Crippen LogP contribution in [0.4, 0.5) is 0 Å². The van der Waals surface area contributed by atoms with Gasteiger partial charge in [0.1, 0.15) is 11.5 Å². The lowest BCUT2D eigenvalue weighted by Crippen LogP contribution is -2.32. The largest absolute Gasteiger partial charge is 0.465 e. The molecule has 0 bridgehead atoms.